The number of methoxy groups -OCH3 is 1. The Morgan fingerprint density at radius 1 is 1.53 bits per heavy atom. The number of nitrogens with two attached hydrogens (primary N) is 1. The molecule has 0 aromatic heterocycles. The number of nitrogens with zero attached hydrogens (tertiary/aromatic N) is 2. The summed E-state index contributed by atoms with van der Waals surface area (Å²) < 4.78 is 4.95. The minimum atomic E-state index is 0.465. The molecule has 0 aliphatic rings. The van der Waals surface area contributed by atoms with Crippen molar-refractivity contribution in [3.05, 3.63) is 35.4 Å². The molecule has 0 saturated heterocycles. The Morgan fingerprint density at radius 3 is 3.05 bits per heavy atom. The van der Waals surface area contributed by atoms with E-state index in [-0.39, 0.29) is 0 Å². The zero-order valence-electron chi connectivity index (χ0n) is 11.0. The fraction of sp³-hybridized carbons (Fsp3) is 0.385. The predicted octanol–water partition coefficient (Wildman–Crippen LogP) is 0.504. The largest absolute Gasteiger partial charge is 0.385 e. The third-order valence-electron chi connectivity index (χ3n) is 2.43. The molecule has 1 aromatic carbocycles. The van der Waals surface area contributed by atoms with Gasteiger partial charge in [0, 0.05) is 20.3 Å². The van der Waals surface area contributed by atoms with E-state index in [1.807, 2.05) is 18.2 Å². The third kappa shape index (κ3) is 5.86. The highest BCUT2D eigenvalue weighted by atomic mass is 16.5. The van der Waals surface area contributed by atoms with Crippen LogP contribution < -0.4 is 16.6 Å². The zero-order valence-corrected chi connectivity index (χ0v) is 11.0. The van der Waals surface area contributed by atoms with Gasteiger partial charge in [-0.3, -0.25) is 5.43 Å². The van der Waals surface area contributed by atoms with Gasteiger partial charge in [0.25, 0.3) is 0 Å². The van der Waals surface area contributed by atoms with Crippen molar-refractivity contribution in [3.8, 4) is 6.07 Å². The van der Waals surface area contributed by atoms with Gasteiger partial charge in [-0.25, -0.2) is 10.8 Å². The molecule has 0 unspecified atom stereocenters. The fourth-order valence-electron chi connectivity index (χ4n) is 1.49. The van der Waals surface area contributed by atoms with Crippen LogP contribution in [0.3, 0.4) is 0 Å². The number of hydrogen-bond donors (Lipinski definition) is 3. The van der Waals surface area contributed by atoms with Crippen LogP contribution >= 0.6 is 0 Å². The molecule has 0 aliphatic heterocycles. The first kappa shape index (κ1) is 15.0. The lowest BCUT2D eigenvalue weighted by molar-refractivity contribution is 0.195. The summed E-state index contributed by atoms with van der Waals surface area (Å²) >= 11 is 0. The van der Waals surface area contributed by atoms with Gasteiger partial charge in [0.2, 0.25) is 5.96 Å². The standard InChI is InChI=1S/C13H19N5O/c1-19-7-3-6-16-13(18-15)17-10-12-5-2-4-11(8-12)9-14/h2,4-5,8H,3,6-7,10,15H2,1H3,(H2,16,17,18). The normalized spacial score (nSPS) is 10.9. The minimum absolute atomic E-state index is 0.465. The van der Waals surface area contributed by atoms with E-state index in [0.29, 0.717) is 24.7 Å². The molecule has 4 N–H and O–H groups in total. The van der Waals surface area contributed by atoms with Gasteiger partial charge in [-0.15, -0.1) is 0 Å². The van der Waals surface area contributed by atoms with E-state index in [0.717, 1.165) is 18.5 Å². The number of nitrogens with one attached hydrogen (secondary N) is 2. The van der Waals surface area contributed by atoms with Crippen molar-refractivity contribution in [1.82, 2.24) is 10.7 Å². The minimum Gasteiger partial charge on any atom is -0.385 e. The van der Waals surface area contributed by atoms with E-state index in [9.17, 15) is 0 Å². The average Bonchev–Trinajstić information content (AvgIpc) is 2.47. The van der Waals surface area contributed by atoms with Crippen LogP contribution in [0, 0.1) is 11.3 Å². The zero-order chi connectivity index (χ0) is 13.9. The molecule has 0 radical (unpaired) electrons. The first-order valence-electron chi connectivity index (χ1n) is 6.03. The number of guanidine groups is 1. The van der Waals surface area contributed by atoms with Crippen LogP contribution in [0.5, 0.6) is 0 Å². The van der Waals surface area contributed by atoms with Gasteiger partial charge < -0.3 is 10.1 Å². The fourth-order valence-corrected chi connectivity index (χ4v) is 1.49. The highest BCUT2D eigenvalue weighted by Crippen LogP contribution is 2.05. The molecular formula is C13H19N5O. The number of aliphatic imine (C=N–C) groups is 1. The Labute approximate surface area is 113 Å². The van der Waals surface area contributed by atoms with Gasteiger partial charge in [0.1, 0.15) is 0 Å². The molecule has 0 aliphatic carbocycles. The van der Waals surface area contributed by atoms with Crippen LogP contribution in [0.15, 0.2) is 29.3 Å². The number of hydrazine groups is 1. The molecule has 19 heavy (non-hydrogen) atoms. The molecule has 0 spiro atoms. The van der Waals surface area contributed by atoms with E-state index in [2.05, 4.69) is 21.8 Å². The molecule has 0 amide bonds. The first-order valence-corrected chi connectivity index (χ1v) is 6.03. The van der Waals surface area contributed by atoms with Gasteiger partial charge in [0.15, 0.2) is 0 Å². The smallest absolute Gasteiger partial charge is 0.206 e. The van der Waals surface area contributed by atoms with Crippen molar-refractivity contribution in [2.75, 3.05) is 20.3 Å². The van der Waals surface area contributed by atoms with Crippen molar-refractivity contribution in [2.24, 2.45) is 10.8 Å². The lowest BCUT2D eigenvalue weighted by Gasteiger charge is -2.08. The van der Waals surface area contributed by atoms with Crippen LogP contribution in [0.25, 0.3) is 0 Å². The van der Waals surface area contributed by atoms with E-state index in [1.54, 1.807) is 13.2 Å². The molecule has 1 rings (SSSR count). The summed E-state index contributed by atoms with van der Waals surface area (Å²) in [5.74, 6) is 5.91. The maximum Gasteiger partial charge on any atom is 0.206 e. The van der Waals surface area contributed by atoms with Gasteiger partial charge in [-0.2, -0.15) is 5.26 Å². The topological polar surface area (TPSA) is 95.5 Å². The molecular weight excluding hydrogens is 242 g/mol. The van der Waals surface area contributed by atoms with Crippen molar-refractivity contribution in [2.45, 2.75) is 13.0 Å². The van der Waals surface area contributed by atoms with E-state index >= 15 is 0 Å². The number of nitriles is 1. The van der Waals surface area contributed by atoms with Crippen LogP contribution in [0.1, 0.15) is 17.5 Å². The molecule has 6 nitrogen and oxygen atoms in total. The summed E-state index contributed by atoms with van der Waals surface area (Å²) in [7, 11) is 1.67. The Kier molecular flexibility index (Phi) is 7.02. The van der Waals surface area contributed by atoms with Crippen LogP contribution in [-0.4, -0.2) is 26.2 Å². The maximum absolute atomic E-state index is 8.81. The molecule has 0 fully saturated rings. The van der Waals surface area contributed by atoms with E-state index in [4.69, 9.17) is 15.8 Å². The number of rotatable bonds is 6. The Hall–Kier alpha value is -2.10. The highest BCUT2D eigenvalue weighted by molar-refractivity contribution is 5.79. The first-order chi connectivity index (χ1) is 9.30. The van der Waals surface area contributed by atoms with Crippen LogP contribution in [0.4, 0.5) is 0 Å². The van der Waals surface area contributed by atoms with Crippen LogP contribution in [0.2, 0.25) is 0 Å². The second-order valence-corrected chi connectivity index (χ2v) is 3.89. The lowest BCUT2D eigenvalue weighted by atomic mass is 10.1. The lowest BCUT2D eigenvalue weighted by Crippen LogP contribution is -2.42. The number of benzene rings is 1. The average molecular weight is 261 g/mol. The molecule has 0 saturated carbocycles. The molecule has 6 heteroatoms. The summed E-state index contributed by atoms with van der Waals surface area (Å²) in [6, 6.07) is 9.43. The maximum atomic E-state index is 8.81. The highest BCUT2D eigenvalue weighted by Gasteiger charge is 1.97. The Balaban J connectivity index is 2.49. The third-order valence-corrected chi connectivity index (χ3v) is 2.43. The summed E-state index contributed by atoms with van der Waals surface area (Å²) in [5, 5.41) is 11.9. The summed E-state index contributed by atoms with van der Waals surface area (Å²) in [6.07, 6.45) is 0.876. The summed E-state index contributed by atoms with van der Waals surface area (Å²) in [5.41, 5.74) is 4.10. The Morgan fingerprint density at radius 2 is 2.37 bits per heavy atom. The van der Waals surface area contributed by atoms with Gasteiger partial charge in [0.05, 0.1) is 18.2 Å². The van der Waals surface area contributed by atoms with Gasteiger partial charge >= 0.3 is 0 Å². The SMILES string of the molecule is COCCCNC(=NCc1cccc(C#N)c1)NN. The molecule has 0 heterocycles. The van der Waals surface area contributed by atoms with Gasteiger partial charge in [-0.1, -0.05) is 12.1 Å². The van der Waals surface area contributed by atoms with E-state index in [1.165, 1.54) is 0 Å². The quantitative estimate of drug-likeness (QED) is 0.228. The molecule has 102 valence electrons. The second kappa shape index (κ2) is 8.91. The van der Waals surface area contributed by atoms with Crippen molar-refractivity contribution >= 4 is 5.96 Å². The van der Waals surface area contributed by atoms with Crippen molar-refractivity contribution in [3.63, 3.8) is 0 Å². The molecule has 0 atom stereocenters. The predicted molar refractivity (Wildman–Crippen MR) is 74.1 cm³/mol. The van der Waals surface area contributed by atoms with Gasteiger partial charge in [-0.05, 0) is 24.1 Å². The van der Waals surface area contributed by atoms with E-state index < -0.39 is 0 Å². The number of hydrogen-bond acceptors (Lipinski definition) is 4. The van der Waals surface area contributed by atoms with Crippen molar-refractivity contribution in [1.29, 1.82) is 5.26 Å². The Bertz CT molecular complexity index is 453. The molecule has 1 aromatic rings. The summed E-state index contributed by atoms with van der Waals surface area (Å²) in [6.45, 7) is 1.89. The monoisotopic (exact) mass is 261 g/mol. The number of ether oxygens (including phenoxy) is 1. The molecule has 0 bridgehead atoms. The van der Waals surface area contributed by atoms with Crippen LogP contribution in [-0.2, 0) is 11.3 Å². The van der Waals surface area contributed by atoms with Crippen molar-refractivity contribution < 1.29 is 4.74 Å². The summed E-state index contributed by atoms with van der Waals surface area (Å²) in [4.78, 5) is 4.30. The second-order valence-electron chi connectivity index (χ2n) is 3.89.